The number of rotatable bonds is 4. The minimum atomic E-state index is -0.413. The molecule has 0 aromatic heterocycles. The molecular weight excluding hydrogens is 432 g/mol. The van der Waals surface area contributed by atoms with Crippen LogP contribution in [-0.2, 0) is 9.53 Å². The van der Waals surface area contributed by atoms with E-state index in [1.165, 1.54) is 37.8 Å². The fourth-order valence-corrected chi connectivity index (χ4v) is 8.23. The van der Waals surface area contributed by atoms with Gasteiger partial charge < -0.3 is 9.57 Å². The number of carbonyl (C=O) groups is 1. The second kappa shape index (κ2) is 8.65. The van der Waals surface area contributed by atoms with E-state index < -0.39 is 4.92 Å². The normalized spacial score (nSPS) is 40.1. The smallest absolute Gasteiger partial charge is 0.302 e. The molecule has 0 bridgehead atoms. The van der Waals surface area contributed by atoms with Crippen LogP contribution in [-0.4, -0.2) is 22.7 Å². The summed E-state index contributed by atoms with van der Waals surface area (Å²) in [5.74, 6) is 3.14. The minimum absolute atomic E-state index is 0.0511. The first kappa shape index (κ1) is 23.3. The number of nitrogens with zero attached hydrogens (tertiary/aromatic N) is 2. The molecule has 4 saturated carbocycles. The molecule has 1 aromatic carbocycles. The highest BCUT2D eigenvalue weighted by Crippen LogP contribution is 2.66. The number of non-ortho nitro benzene ring substituents is 1. The number of ether oxygens (including phenoxy) is 1. The van der Waals surface area contributed by atoms with Gasteiger partial charge in [0.1, 0.15) is 6.10 Å². The largest absolute Gasteiger partial charge is 0.462 e. The van der Waals surface area contributed by atoms with Crippen LogP contribution >= 0.6 is 0 Å². The fraction of sp³-hybridized carbons (Fsp3) is 0.704. The maximum atomic E-state index is 11.7. The maximum absolute atomic E-state index is 11.7. The molecule has 7 nitrogen and oxygen atoms in total. The highest BCUT2D eigenvalue weighted by atomic mass is 16.6. The molecule has 4 aliphatic carbocycles. The van der Waals surface area contributed by atoms with Gasteiger partial charge in [-0.15, -0.1) is 0 Å². The zero-order valence-corrected chi connectivity index (χ0v) is 20.5. The van der Waals surface area contributed by atoms with E-state index in [1.807, 2.05) is 0 Å². The Balaban J connectivity index is 1.26. The molecule has 0 spiro atoms. The number of esters is 1. The molecule has 184 valence electrons. The Kier molecular flexibility index (Phi) is 5.93. The van der Waals surface area contributed by atoms with Crippen molar-refractivity contribution >= 4 is 17.4 Å². The second-order valence-corrected chi connectivity index (χ2v) is 11.6. The zero-order chi connectivity index (χ0) is 24.1. The number of hydrogen-bond donors (Lipinski definition) is 0. The SMILES string of the molecule is CC(=O)O[C@H]1CC[C@H]2[C@@H]3CC[C@H]4C/C(=N\Oc5ccc([N+](=O)[O-])cc5)CC[C@]4(C)[C@H]3CC[C@]12C. The van der Waals surface area contributed by atoms with Gasteiger partial charge in [0, 0.05) is 24.5 Å². The average Bonchev–Trinajstić information content (AvgIpc) is 3.13. The number of carbonyl (C=O) groups excluding carboxylic acids is 1. The molecule has 0 amide bonds. The predicted octanol–water partition coefficient (Wildman–Crippen LogP) is 6.30. The maximum Gasteiger partial charge on any atom is 0.302 e. The first-order valence-corrected chi connectivity index (χ1v) is 12.8. The summed E-state index contributed by atoms with van der Waals surface area (Å²) >= 11 is 0. The van der Waals surface area contributed by atoms with Gasteiger partial charge in [0.15, 0.2) is 5.75 Å². The summed E-state index contributed by atoms with van der Waals surface area (Å²) < 4.78 is 5.79. The molecule has 4 aliphatic rings. The molecule has 34 heavy (non-hydrogen) atoms. The minimum Gasteiger partial charge on any atom is -0.462 e. The highest BCUT2D eigenvalue weighted by Gasteiger charge is 2.60. The molecule has 7 atom stereocenters. The number of fused-ring (bicyclic) bond motifs is 5. The average molecular weight is 469 g/mol. The molecule has 1 aromatic rings. The van der Waals surface area contributed by atoms with E-state index in [-0.39, 0.29) is 23.2 Å². The van der Waals surface area contributed by atoms with Crippen LogP contribution in [0.3, 0.4) is 0 Å². The molecule has 5 rings (SSSR count). The third-order valence-corrected chi connectivity index (χ3v) is 10.0. The van der Waals surface area contributed by atoms with Crippen molar-refractivity contribution in [1.29, 1.82) is 0 Å². The lowest BCUT2D eigenvalue weighted by Crippen LogP contribution is -2.54. The van der Waals surface area contributed by atoms with E-state index in [2.05, 4.69) is 19.0 Å². The van der Waals surface area contributed by atoms with E-state index in [4.69, 9.17) is 9.57 Å². The lowest BCUT2D eigenvalue weighted by atomic mass is 9.45. The number of nitro benzene ring substituents is 1. The summed E-state index contributed by atoms with van der Waals surface area (Å²) in [5.41, 5.74) is 1.62. The van der Waals surface area contributed by atoms with Crippen LogP contribution in [0.5, 0.6) is 5.75 Å². The van der Waals surface area contributed by atoms with Gasteiger partial charge in [-0.3, -0.25) is 14.9 Å². The predicted molar refractivity (Wildman–Crippen MR) is 128 cm³/mol. The molecule has 4 fully saturated rings. The first-order chi connectivity index (χ1) is 16.2. The summed E-state index contributed by atoms with van der Waals surface area (Å²) in [6, 6.07) is 6.09. The van der Waals surface area contributed by atoms with Crippen molar-refractivity contribution in [3.8, 4) is 5.75 Å². The van der Waals surface area contributed by atoms with Gasteiger partial charge in [-0.1, -0.05) is 19.0 Å². The number of hydrogen-bond acceptors (Lipinski definition) is 6. The topological polar surface area (TPSA) is 91.0 Å². The van der Waals surface area contributed by atoms with Crippen molar-refractivity contribution in [2.24, 2.45) is 39.7 Å². The second-order valence-electron chi connectivity index (χ2n) is 11.6. The number of oxime groups is 1. The fourth-order valence-electron chi connectivity index (χ4n) is 8.23. The van der Waals surface area contributed by atoms with Gasteiger partial charge in [-0.05, 0) is 99.0 Å². The van der Waals surface area contributed by atoms with Crippen LogP contribution in [0.2, 0.25) is 0 Å². The Morgan fingerprint density at radius 3 is 2.47 bits per heavy atom. The van der Waals surface area contributed by atoms with E-state index in [1.54, 1.807) is 19.1 Å². The van der Waals surface area contributed by atoms with Crippen LogP contribution < -0.4 is 4.84 Å². The molecule has 0 heterocycles. The van der Waals surface area contributed by atoms with Gasteiger partial charge in [0.05, 0.1) is 10.6 Å². The van der Waals surface area contributed by atoms with E-state index in [9.17, 15) is 14.9 Å². The van der Waals surface area contributed by atoms with Crippen molar-refractivity contribution in [3.63, 3.8) is 0 Å². The summed E-state index contributed by atoms with van der Waals surface area (Å²) in [6.45, 7) is 6.44. The van der Waals surface area contributed by atoms with Crippen LogP contribution in [0.15, 0.2) is 29.4 Å². The Morgan fingerprint density at radius 2 is 1.76 bits per heavy atom. The number of benzene rings is 1. The molecule has 0 saturated heterocycles. The van der Waals surface area contributed by atoms with Crippen LogP contribution in [0.1, 0.15) is 78.6 Å². The third-order valence-electron chi connectivity index (χ3n) is 10.0. The molecular formula is C27H36N2O5. The quantitative estimate of drug-likeness (QED) is 0.294. The lowest BCUT2D eigenvalue weighted by Gasteiger charge is -2.60. The summed E-state index contributed by atoms with van der Waals surface area (Å²) in [5, 5.41) is 15.3. The van der Waals surface area contributed by atoms with Crippen molar-refractivity contribution < 1.29 is 19.3 Å². The van der Waals surface area contributed by atoms with E-state index in [0.29, 0.717) is 23.0 Å². The summed E-state index contributed by atoms with van der Waals surface area (Å²) in [4.78, 5) is 27.7. The first-order valence-electron chi connectivity index (χ1n) is 12.8. The van der Waals surface area contributed by atoms with Crippen LogP contribution in [0, 0.1) is 44.6 Å². The Hall–Kier alpha value is -2.44. The van der Waals surface area contributed by atoms with Crippen molar-refractivity contribution in [1.82, 2.24) is 0 Å². The van der Waals surface area contributed by atoms with Crippen molar-refractivity contribution in [2.75, 3.05) is 0 Å². The van der Waals surface area contributed by atoms with Crippen molar-refractivity contribution in [3.05, 3.63) is 34.4 Å². The Bertz CT molecular complexity index is 991. The Morgan fingerprint density at radius 1 is 1.03 bits per heavy atom. The standard InChI is InChI=1S/C27H36N2O5/c1-17(30)33-25-11-10-23-22-9-4-18-16-19(28-34-21-7-5-20(6-8-21)29(31)32)12-14-26(18,2)24(22)13-15-27(23,25)3/h5-8,18,22-25H,4,9-16H2,1-3H3/b28-19-/t18-,22-,23-,24-,25-,26-,27-/m0/s1. The van der Waals surface area contributed by atoms with Gasteiger partial charge in [0.2, 0.25) is 0 Å². The van der Waals surface area contributed by atoms with E-state index in [0.717, 1.165) is 49.7 Å². The molecule has 7 heteroatoms. The monoisotopic (exact) mass is 468 g/mol. The van der Waals surface area contributed by atoms with Gasteiger partial charge in [-0.2, -0.15) is 0 Å². The summed E-state index contributed by atoms with van der Waals surface area (Å²) in [6.07, 6.45) is 10.2. The molecule has 0 aliphatic heterocycles. The van der Waals surface area contributed by atoms with Crippen molar-refractivity contribution in [2.45, 2.75) is 84.7 Å². The summed E-state index contributed by atoms with van der Waals surface area (Å²) in [7, 11) is 0. The zero-order valence-electron chi connectivity index (χ0n) is 20.5. The lowest BCUT2D eigenvalue weighted by molar-refractivity contribution is -0.384. The van der Waals surface area contributed by atoms with Gasteiger partial charge in [-0.25, -0.2) is 0 Å². The van der Waals surface area contributed by atoms with Gasteiger partial charge in [0.25, 0.3) is 5.69 Å². The highest BCUT2D eigenvalue weighted by molar-refractivity contribution is 5.85. The molecule has 0 N–H and O–H groups in total. The number of nitro groups is 1. The van der Waals surface area contributed by atoms with Crippen LogP contribution in [0.4, 0.5) is 5.69 Å². The van der Waals surface area contributed by atoms with E-state index >= 15 is 0 Å². The Labute approximate surface area is 201 Å². The van der Waals surface area contributed by atoms with Gasteiger partial charge >= 0.3 is 5.97 Å². The third kappa shape index (κ3) is 3.91. The van der Waals surface area contributed by atoms with Crippen LogP contribution in [0.25, 0.3) is 0 Å². The molecule has 0 unspecified atom stereocenters. The molecule has 0 radical (unpaired) electrons.